The summed E-state index contributed by atoms with van der Waals surface area (Å²) in [6.07, 6.45) is 0. The van der Waals surface area contributed by atoms with Gasteiger partial charge in [-0.3, -0.25) is 0 Å². The van der Waals surface area contributed by atoms with Gasteiger partial charge in [0.15, 0.2) is 11.1 Å². The summed E-state index contributed by atoms with van der Waals surface area (Å²) in [6, 6.07) is 17.8. The molecule has 0 unspecified atom stereocenters. The molecule has 0 aliphatic heterocycles. The van der Waals surface area contributed by atoms with Crippen LogP contribution in [0.3, 0.4) is 0 Å². The number of nitrogens with two attached hydrogens (primary N) is 1. The normalized spacial score (nSPS) is 11.8. The van der Waals surface area contributed by atoms with E-state index in [9.17, 15) is 0 Å². The molecule has 4 aromatic rings. The Morgan fingerprint density at radius 1 is 1.19 bits per heavy atom. The molecular weight excluding hydrogens is 366 g/mol. The summed E-state index contributed by atoms with van der Waals surface area (Å²) >= 11 is 7.52. The van der Waals surface area contributed by atoms with Gasteiger partial charge >= 0.3 is 0 Å². The molecule has 0 aliphatic rings. The third kappa shape index (κ3) is 3.71. The fourth-order valence-electron chi connectivity index (χ4n) is 2.61. The lowest BCUT2D eigenvalue weighted by atomic mass is 10.2. The van der Waals surface area contributed by atoms with Crippen LogP contribution in [-0.2, 0) is 6.54 Å². The minimum absolute atomic E-state index is 0.346. The molecule has 0 bridgehead atoms. The fourth-order valence-corrected chi connectivity index (χ4v) is 3.50. The summed E-state index contributed by atoms with van der Waals surface area (Å²) in [7, 11) is 0. The van der Waals surface area contributed by atoms with Gasteiger partial charge in [0.05, 0.1) is 17.9 Å². The van der Waals surface area contributed by atoms with Crippen molar-refractivity contribution < 1.29 is 0 Å². The highest BCUT2D eigenvalue weighted by atomic mass is 35.5. The highest BCUT2D eigenvalue weighted by Gasteiger charge is 2.09. The number of hydrogen-bond acceptors (Lipinski definition) is 3. The number of H-pyrrole nitrogens is 1. The number of fused-ring (bicyclic) bond motifs is 1. The van der Waals surface area contributed by atoms with Crippen molar-refractivity contribution in [1.29, 1.82) is 0 Å². The first-order valence-corrected chi connectivity index (χ1v) is 9.28. The average Bonchev–Trinajstić information content (AvgIpc) is 3.27. The number of halogens is 1. The third-order valence-electron chi connectivity index (χ3n) is 3.87. The molecule has 0 saturated heterocycles. The van der Waals surface area contributed by atoms with Crippen LogP contribution in [0.1, 0.15) is 5.56 Å². The molecule has 0 radical (unpaired) electrons. The lowest BCUT2D eigenvalue weighted by Crippen LogP contribution is -2.22. The zero-order valence-corrected chi connectivity index (χ0v) is 15.3. The fraction of sp³-hybridized carbons (Fsp3) is 0.0526. The molecule has 0 amide bonds. The van der Waals surface area contributed by atoms with E-state index in [1.807, 2.05) is 60.0 Å². The van der Waals surface area contributed by atoms with Gasteiger partial charge < -0.3 is 16.0 Å². The molecule has 2 heterocycles. The summed E-state index contributed by atoms with van der Waals surface area (Å²) in [4.78, 5) is 12.3. The maximum Gasteiger partial charge on any atom is 0.195 e. The maximum atomic E-state index is 6.04. The standard InChI is InChI=1S/C19H16ClN5S/c20-14-6-7-15-13(8-14)9-16(23-15)17-11-26-19(24-17)25-18(21)22-10-12-4-2-1-3-5-12/h1-9,11,23H,10H2,(H3,21,22,24,25). The summed E-state index contributed by atoms with van der Waals surface area (Å²) in [5, 5.41) is 7.49. The van der Waals surface area contributed by atoms with Crippen molar-refractivity contribution in [3.05, 3.63) is 70.6 Å². The number of aromatic amines is 1. The molecule has 0 saturated carbocycles. The van der Waals surface area contributed by atoms with E-state index < -0.39 is 0 Å². The van der Waals surface area contributed by atoms with Crippen LogP contribution in [0, 0.1) is 0 Å². The van der Waals surface area contributed by atoms with Crippen LogP contribution in [0.15, 0.2) is 65.0 Å². The number of aromatic nitrogens is 2. The van der Waals surface area contributed by atoms with Gasteiger partial charge in [-0.05, 0) is 29.8 Å². The van der Waals surface area contributed by atoms with Crippen molar-refractivity contribution in [3.63, 3.8) is 0 Å². The molecule has 26 heavy (non-hydrogen) atoms. The number of aliphatic imine (C=N–C) groups is 1. The highest BCUT2D eigenvalue weighted by Crippen LogP contribution is 2.28. The minimum atomic E-state index is 0.346. The lowest BCUT2D eigenvalue weighted by Gasteiger charge is -2.01. The zero-order chi connectivity index (χ0) is 17.9. The molecule has 0 fully saturated rings. The van der Waals surface area contributed by atoms with Crippen molar-refractivity contribution in [3.8, 4) is 11.4 Å². The quantitative estimate of drug-likeness (QED) is 0.348. The van der Waals surface area contributed by atoms with Crippen molar-refractivity contribution in [2.75, 3.05) is 5.32 Å². The van der Waals surface area contributed by atoms with E-state index in [0.717, 1.165) is 27.9 Å². The number of thiazole rings is 1. The Kier molecular flexibility index (Phi) is 4.60. The number of hydrogen-bond donors (Lipinski definition) is 3. The minimum Gasteiger partial charge on any atom is -0.370 e. The van der Waals surface area contributed by atoms with Crippen LogP contribution in [-0.4, -0.2) is 15.9 Å². The predicted molar refractivity (Wildman–Crippen MR) is 110 cm³/mol. The van der Waals surface area contributed by atoms with Gasteiger partial charge in [-0.1, -0.05) is 41.9 Å². The van der Waals surface area contributed by atoms with Crippen molar-refractivity contribution >= 4 is 44.9 Å². The predicted octanol–water partition coefficient (Wildman–Crippen LogP) is 4.87. The second-order valence-electron chi connectivity index (χ2n) is 5.76. The summed E-state index contributed by atoms with van der Waals surface area (Å²) in [5.41, 5.74) is 9.88. The monoisotopic (exact) mass is 381 g/mol. The van der Waals surface area contributed by atoms with Crippen molar-refractivity contribution in [1.82, 2.24) is 9.97 Å². The third-order valence-corrected chi connectivity index (χ3v) is 4.87. The molecule has 4 N–H and O–H groups in total. The number of benzene rings is 2. The SMILES string of the molecule is NC(=NCc1ccccc1)Nc1nc(-c2cc3cc(Cl)ccc3[nH]2)cs1. The van der Waals surface area contributed by atoms with E-state index in [0.29, 0.717) is 22.7 Å². The van der Waals surface area contributed by atoms with E-state index in [2.05, 4.69) is 20.3 Å². The number of nitrogens with zero attached hydrogens (tertiary/aromatic N) is 2. The van der Waals surface area contributed by atoms with Gasteiger partial charge in [-0.2, -0.15) is 0 Å². The van der Waals surface area contributed by atoms with E-state index in [-0.39, 0.29) is 0 Å². The largest absolute Gasteiger partial charge is 0.370 e. The molecule has 2 aromatic carbocycles. The number of guanidine groups is 1. The van der Waals surface area contributed by atoms with Gasteiger partial charge in [-0.15, -0.1) is 11.3 Å². The summed E-state index contributed by atoms with van der Waals surface area (Å²) in [5.74, 6) is 0.346. The van der Waals surface area contributed by atoms with Gasteiger partial charge in [0.2, 0.25) is 0 Å². The van der Waals surface area contributed by atoms with Crippen LogP contribution in [0.25, 0.3) is 22.3 Å². The van der Waals surface area contributed by atoms with Crippen molar-refractivity contribution in [2.24, 2.45) is 10.7 Å². The first-order chi connectivity index (χ1) is 12.7. The molecule has 0 aliphatic carbocycles. The topological polar surface area (TPSA) is 79.1 Å². The number of rotatable bonds is 4. The zero-order valence-electron chi connectivity index (χ0n) is 13.7. The molecule has 130 valence electrons. The molecule has 0 spiro atoms. The van der Waals surface area contributed by atoms with Gasteiger partial charge in [0, 0.05) is 21.3 Å². The Balaban J connectivity index is 1.48. The summed E-state index contributed by atoms with van der Waals surface area (Å²) < 4.78 is 0. The first-order valence-electron chi connectivity index (χ1n) is 8.02. The second kappa shape index (κ2) is 7.19. The van der Waals surface area contributed by atoms with Crippen LogP contribution >= 0.6 is 22.9 Å². The molecule has 0 atom stereocenters. The van der Waals surface area contributed by atoms with Gasteiger partial charge in [0.1, 0.15) is 0 Å². The highest BCUT2D eigenvalue weighted by molar-refractivity contribution is 7.14. The summed E-state index contributed by atoms with van der Waals surface area (Å²) in [6.45, 7) is 0.528. The van der Waals surface area contributed by atoms with Gasteiger partial charge in [0.25, 0.3) is 0 Å². The molecule has 2 aromatic heterocycles. The van der Waals surface area contributed by atoms with Crippen LogP contribution in [0.2, 0.25) is 5.02 Å². The molecular formula is C19H16ClN5S. The Morgan fingerprint density at radius 3 is 2.88 bits per heavy atom. The van der Waals surface area contributed by atoms with E-state index in [1.165, 1.54) is 11.3 Å². The van der Waals surface area contributed by atoms with E-state index >= 15 is 0 Å². The van der Waals surface area contributed by atoms with E-state index in [1.54, 1.807) is 0 Å². The Labute approximate surface area is 159 Å². The van der Waals surface area contributed by atoms with E-state index in [4.69, 9.17) is 17.3 Å². The van der Waals surface area contributed by atoms with Crippen LogP contribution < -0.4 is 11.1 Å². The van der Waals surface area contributed by atoms with Crippen LogP contribution in [0.5, 0.6) is 0 Å². The van der Waals surface area contributed by atoms with Crippen molar-refractivity contribution in [2.45, 2.75) is 6.54 Å². The van der Waals surface area contributed by atoms with Gasteiger partial charge in [-0.25, -0.2) is 9.98 Å². The average molecular weight is 382 g/mol. The first kappa shape index (κ1) is 16.6. The Hall–Kier alpha value is -2.83. The number of anilines is 1. The molecule has 7 heteroatoms. The Bertz CT molecular complexity index is 1070. The maximum absolute atomic E-state index is 6.04. The smallest absolute Gasteiger partial charge is 0.195 e. The van der Waals surface area contributed by atoms with Crippen LogP contribution in [0.4, 0.5) is 5.13 Å². The molecule has 5 nitrogen and oxygen atoms in total. The number of nitrogens with one attached hydrogen (secondary N) is 2. The molecule has 4 rings (SSSR count). The Morgan fingerprint density at radius 2 is 2.04 bits per heavy atom. The second-order valence-corrected chi connectivity index (χ2v) is 7.06. The lowest BCUT2D eigenvalue weighted by molar-refractivity contribution is 1.06.